The Morgan fingerprint density at radius 3 is 2.56 bits per heavy atom. The van der Waals surface area contributed by atoms with E-state index < -0.39 is 5.60 Å². The molecular formula is C19H26N4O2. The van der Waals surface area contributed by atoms with E-state index in [-0.39, 0.29) is 12.1 Å². The van der Waals surface area contributed by atoms with Crippen LogP contribution < -0.4 is 5.73 Å². The fourth-order valence-corrected chi connectivity index (χ4v) is 3.10. The van der Waals surface area contributed by atoms with E-state index in [1.165, 1.54) is 5.56 Å². The second-order valence-corrected chi connectivity index (χ2v) is 7.66. The van der Waals surface area contributed by atoms with Crippen LogP contribution in [-0.4, -0.2) is 39.5 Å². The Kier molecular flexibility index (Phi) is 4.70. The molecule has 1 aliphatic rings. The van der Waals surface area contributed by atoms with Crippen molar-refractivity contribution < 1.29 is 9.53 Å². The summed E-state index contributed by atoms with van der Waals surface area (Å²) in [6.45, 7) is 6.99. The molecule has 0 spiro atoms. The fraction of sp³-hybridized carbons (Fsp3) is 0.474. The molecule has 0 aliphatic carbocycles. The number of benzene rings is 1. The van der Waals surface area contributed by atoms with E-state index in [2.05, 4.69) is 17.2 Å². The average Bonchev–Trinajstić information content (AvgIpc) is 2.90. The summed E-state index contributed by atoms with van der Waals surface area (Å²) >= 11 is 0. The highest BCUT2D eigenvalue weighted by molar-refractivity contribution is 5.69. The van der Waals surface area contributed by atoms with Crippen LogP contribution in [0.3, 0.4) is 0 Å². The molecule has 1 aromatic carbocycles. The van der Waals surface area contributed by atoms with E-state index in [1.807, 2.05) is 49.8 Å². The maximum Gasteiger partial charge on any atom is 0.410 e. The second kappa shape index (κ2) is 6.78. The zero-order valence-electron chi connectivity index (χ0n) is 15.1. The highest BCUT2D eigenvalue weighted by Crippen LogP contribution is 2.32. The van der Waals surface area contributed by atoms with Gasteiger partial charge in [0.25, 0.3) is 0 Å². The molecule has 2 aromatic rings. The molecule has 3 rings (SSSR count). The smallest absolute Gasteiger partial charge is 0.410 e. The Morgan fingerprint density at radius 2 is 2.00 bits per heavy atom. The number of nitrogens with two attached hydrogens (primary N) is 1. The molecule has 6 nitrogen and oxygen atoms in total. The van der Waals surface area contributed by atoms with Crippen molar-refractivity contribution in [2.75, 3.05) is 18.8 Å². The summed E-state index contributed by atoms with van der Waals surface area (Å²) in [4.78, 5) is 13.9. The molecule has 1 unspecified atom stereocenters. The monoisotopic (exact) mass is 342 g/mol. The number of hydrogen-bond acceptors (Lipinski definition) is 4. The predicted molar refractivity (Wildman–Crippen MR) is 97.1 cm³/mol. The number of carbonyl (C=O) groups is 1. The maximum atomic E-state index is 12.2. The summed E-state index contributed by atoms with van der Waals surface area (Å²) in [5.41, 5.74) is 7.28. The fourth-order valence-electron chi connectivity index (χ4n) is 3.10. The van der Waals surface area contributed by atoms with Gasteiger partial charge in [-0.05, 0) is 32.8 Å². The summed E-state index contributed by atoms with van der Waals surface area (Å²) in [7, 11) is 0. The summed E-state index contributed by atoms with van der Waals surface area (Å²) in [6, 6.07) is 10.5. The topological polar surface area (TPSA) is 73.4 Å². The minimum absolute atomic E-state index is 0.165. The first-order chi connectivity index (χ1) is 11.8. The lowest BCUT2D eigenvalue weighted by molar-refractivity contribution is -0.0105. The molecular weight excluding hydrogens is 316 g/mol. The Hall–Kier alpha value is -2.50. The van der Waals surface area contributed by atoms with Crippen LogP contribution in [-0.2, 0) is 11.2 Å². The van der Waals surface area contributed by atoms with Gasteiger partial charge in [0.1, 0.15) is 5.60 Å². The quantitative estimate of drug-likeness (QED) is 0.926. The van der Waals surface area contributed by atoms with Gasteiger partial charge in [-0.15, -0.1) is 0 Å². The molecule has 2 N–H and O–H groups in total. The van der Waals surface area contributed by atoms with Gasteiger partial charge in [-0.1, -0.05) is 30.3 Å². The molecule has 6 heteroatoms. The van der Waals surface area contributed by atoms with Crippen molar-refractivity contribution in [3.63, 3.8) is 0 Å². The predicted octanol–water partition coefficient (Wildman–Crippen LogP) is 3.12. The first-order valence-corrected chi connectivity index (χ1v) is 8.63. The molecule has 1 aromatic heterocycles. The van der Waals surface area contributed by atoms with Gasteiger partial charge in [-0.25, -0.2) is 4.79 Å². The van der Waals surface area contributed by atoms with Crippen molar-refractivity contribution in [2.45, 2.75) is 38.8 Å². The van der Waals surface area contributed by atoms with Gasteiger partial charge >= 0.3 is 6.09 Å². The van der Waals surface area contributed by atoms with Crippen LogP contribution in [0.1, 0.15) is 32.4 Å². The first-order valence-electron chi connectivity index (χ1n) is 8.63. The molecule has 0 saturated carbocycles. The van der Waals surface area contributed by atoms with Crippen LogP contribution in [0.5, 0.6) is 0 Å². The Bertz CT molecular complexity index is 715. The number of carbonyl (C=O) groups excluding carboxylic acids is 1. The van der Waals surface area contributed by atoms with Gasteiger partial charge in [0, 0.05) is 25.2 Å². The summed E-state index contributed by atoms with van der Waals surface area (Å²) < 4.78 is 7.37. The normalized spacial score (nSPS) is 16.4. The Morgan fingerprint density at radius 1 is 1.32 bits per heavy atom. The lowest BCUT2D eigenvalue weighted by Gasteiger charge is -2.43. The van der Waals surface area contributed by atoms with Gasteiger partial charge in [0.2, 0.25) is 0 Å². The SMILES string of the molecule is CC(C)(C)OC(=O)N1CC(C(Cc2ccccc2)n2cc(N)cn2)C1. The van der Waals surface area contributed by atoms with E-state index in [0.717, 1.165) is 6.42 Å². The largest absolute Gasteiger partial charge is 0.444 e. The van der Waals surface area contributed by atoms with Crippen molar-refractivity contribution in [3.05, 3.63) is 48.3 Å². The van der Waals surface area contributed by atoms with Crippen LogP contribution in [0, 0.1) is 5.92 Å². The Balaban J connectivity index is 1.68. The van der Waals surface area contributed by atoms with Gasteiger partial charge in [0.05, 0.1) is 17.9 Å². The van der Waals surface area contributed by atoms with Gasteiger partial charge in [0.15, 0.2) is 0 Å². The average molecular weight is 342 g/mol. The third kappa shape index (κ3) is 4.32. The molecule has 1 amide bonds. The van der Waals surface area contributed by atoms with Gasteiger partial charge in [-0.2, -0.15) is 5.10 Å². The summed E-state index contributed by atoms with van der Waals surface area (Å²) in [5.74, 6) is 0.326. The number of ether oxygens (including phenoxy) is 1. The first kappa shape index (κ1) is 17.3. The van der Waals surface area contributed by atoms with Crippen LogP contribution in [0.2, 0.25) is 0 Å². The zero-order valence-corrected chi connectivity index (χ0v) is 15.1. The number of aromatic nitrogens is 2. The van der Waals surface area contributed by atoms with Gasteiger partial charge in [-0.3, -0.25) is 4.68 Å². The molecule has 1 fully saturated rings. The van der Waals surface area contributed by atoms with E-state index in [9.17, 15) is 4.79 Å². The minimum atomic E-state index is -0.470. The molecule has 2 heterocycles. The molecule has 25 heavy (non-hydrogen) atoms. The van der Waals surface area contributed by atoms with Crippen molar-refractivity contribution >= 4 is 11.8 Å². The van der Waals surface area contributed by atoms with Crippen LogP contribution in [0.25, 0.3) is 0 Å². The minimum Gasteiger partial charge on any atom is -0.444 e. The lowest BCUT2D eigenvalue weighted by Crippen LogP contribution is -2.54. The van der Waals surface area contributed by atoms with E-state index in [1.54, 1.807) is 11.1 Å². The third-order valence-electron chi connectivity index (χ3n) is 4.35. The van der Waals surface area contributed by atoms with E-state index in [4.69, 9.17) is 10.5 Å². The third-order valence-corrected chi connectivity index (χ3v) is 4.35. The van der Waals surface area contributed by atoms with E-state index in [0.29, 0.717) is 24.7 Å². The van der Waals surface area contributed by atoms with Crippen LogP contribution >= 0.6 is 0 Å². The summed E-state index contributed by atoms with van der Waals surface area (Å²) in [5, 5.41) is 4.40. The van der Waals surface area contributed by atoms with Crippen molar-refractivity contribution in [1.29, 1.82) is 0 Å². The number of nitrogen functional groups attached to an aromatic ring is 1. The molecule has 1 atom stereocenters. The number of anilines is 1. The number of rotatable bonds is 4. The lowest BCUT2D eigenvalue weighted by atomic mass is 9.87. The highest BCUT2D eigenvalue weighted by Gasteiger charge is 2.39. The zero-order chi connectivity index (χ0) is 18.0. The maximum absolute atomic E-state index is 12.2. The molecule has 0 radical (unpaired) electrons. The van der Waals surface area contributed by atoms with Crippen LogP contribution in [0.15, 0.2) is 42.7 Å². The number of amides is 1. The molecule has 0 bridgehead atoms. The standard InChI is InChI=1S/C19H26N4O2/c1-19(2,3)25-18(24)22-11-15(12-22)17(23-13-16(20)10-21-23)9-14-7-5-4-6-8-14/h4-8,10,13,15,17H,9,11-12,20H2,1-3H3. The van der Waals surface area contributed by atoms with Crippen molar-refractivity contribution in [3.8, 4) is 0 Å². The van der Waals surface area contributed by atoms with Crippen LogP contribution in [0.4, 0.5) is 10.5 Å². The summed E-state index contributed by atoms with van der Waals surface area (Å²) in [6.07, 6.45) is 4.14. The molecule has 1 saturated heterocycles. The number of hydrogen-bond donors (Lipinski definition) is 1. The highest BCUT2D eigenvalue weighted by atomic mass is 16.6. The van der Waals surface area contributed by atoms with Gasteiger partial charge < -0.3 is 15.4 Å². The van der Waals surface area contributed by atoms with Crippen molar-refractivity contribution in [2.24, 2.45) is 5.92 Å². The molecule has 1 aliphatic heterocycles. The molecule has 134 valence electrons. The number of likely N-dealkylation sites (tertiary alicyclic amines) is 1. The number of nitrogens with zero attached hydrogens (tertiary/aromatic N) is 3. The van der Waals surface area contributed by atoms with Crippen molar-refractivity contribution in [1.82, 2.24) is 14.7 Å². The second-order valence-electron chi connectivity index (χ2n) is 7.66. The van der Waals surface area contributed by atoms with E-state index >= 15 is 0 Å². The Labute approximate surface area is 148 Å².